The van der Waals surface area contributed by atoms with Crippen molar-refractivity contribution < 1.29 is 27.5 Å². The van der Waals surface area contributed by atoms with Gasteiger partial charge in [-0.05, 0) is 36.4 Å². The third kappa shape index (κ3) is 5.66. The maximum Gasteiger partial charge on any atom is 0.416 e. The molecule has 0 fully saturated rings. The van der Waals surface area contributed by atoms with Crippen LogP contribution in [0.15, 0.2) is 42.5 Å². The van der Waals surface area contributed by atoms with E-state index < -0.39 is 24.3 Å². The highest BCUT2D eigenvalue weighted by molar-refractivity contribution is 6.33. The largest absolute Gasteiger partial charge is 0.484 e. The van der Waals surface area contributed by atoms with E-state index in [-0.39, 0.29) is 22.4 Å². The third-order valence-electron chi connectivity index (χ3n) is 3.09. The number of carbonyl (C=O) groups is 2. The monoisotopic (exact) mass is 386 g/mol. The van der Waals surface area contributed by atoms with Gasteiger partial charge in [0.05, 0.1) is 16.3 Å². The normalized spacial score (nSPS) is 11.0. The first-order valence-corrected chi connectivity index (χ1v) is 7.70. The summed E-state index contributed by atoms with van der Waals surface area (Å²) >= 11 is 5.97. The Morgan fingerprint density at radius 2 is 1.85 bits per heavy atom. The number of rotatable bonds is 5. The van der Waals surface area contributed by atoms with Crippen molar-refractivity contribution in [2.45, 2.75) is 13.1 Å². The summed E-state index contributed by atoms with van der Waals surface area (Å²) in [6, 6.07) is 8.69. The van der Waals surface area contributed by atoms with Crippen LogP contribution in [0.1, 0.15) is 12.5 Å². The van der Waals surface area contributed by atoms with Crippen LogP contribution in [0.5, 0.6) is 5.75 Å². The Bertz CT molecular complexity index is 825. The van der Waals surface area contributed by atoms with E-state index in [9.17, 15) is 22.8 Å². The number of hydrogen-bond acceptors (Lipinski definition) is 3. The number of ether oxygens (including phenoxy) is 1. The fourth-order valence-corrected chi connectivity index (χ4v) is 2.16. The zero-order valence-electron chi connectivity index (χ0n) is 13.5. The van der Waals surface area contributed by atoms with Crippen molar-refractivity contribution in [3.8, 4) is 5.75 Å². The van der Waals surface area contributed by atoms with Gasteiger partial charge in [-0.3, -0.25) is 9.59 Å². The minimum absolute atomic E-state index is 0.0898. The van der Waals surface area contributed by atoms with Gasteiger partial charge in [0.15, 0.2) is 6.61 Å². The average Bonchev–Trinajstić information content (AvgIpc) is 2.55. The van der Waals surface area contributed by atoms with Crippen molar-refractivity contribution in [3.05, 3.63) is 53.1 Å². The Hall–Kier alpha value is -2.74. The van der Waals surface area contributed by atoms with Gasteiger partial charge in [0.25, 0.3) is 5.91 Å². The second kappa shape index (κ2) is 8.09. The molecule has 2 amide bonds. The van der Waals surface area contributed by atoms with Crippen LogP contribution in [0, 0.1) is 0 Å². The maximum absolute atomic E-state index is 12.6. The van der Waals surface area contributed by atoms with Crippen LogP contribution in [-0.2, 0) is 15.8 Å². The highest BCUT2D eigenvalue weighted by atomic mass is 35.5. The molecule has 0 heterocycles. The van der Waals surface area contributed by atoms with Crippen molar-refractivity contribution >= 4 is 34.8 Å². The van der Waals surface area contributed by atoms with Crippen LogP contribution in [0.2, 0.25) is 5.02 Å². The van der Waals surface area contributed by atoms with Crippen molar-refractivity contribution in [1.29, 1.82) is 0 Å². The lowest BCUT2D eigenvalue weighted by Gasteiger charge is -2.12. The van der Waals surface area contributed by atoms with Gasteiger partial charge in [0.1, 0.15) is 5.75 Å². The van der Waals surface area contributed by atoms with E-state index in [0.29, 0.717) is 5.69 Å². The quantitative estimate of drug-likeness (QED) is 0.803. The molecule has 0 aliphatic carbocycles. The van der Waals surface area contributed by atoms with E-state index in [0.717, 1.165) is 12.1 Å². The van der Waals surface area contributed by atoms with E-state index in [1.807, 2.05) is 0 Å². The van der Waals surface area contributed by atoms with Gasteiger partial charge in [-0.15, -0.1) is 0 Å². The minimum atomic E-state index is -4.50. The first-order chi connectivity index (χ1) is 12.1. The summed E-state index contributed by atoms with van der Waals surface area (Å²) in [7, 11) is 0. The molecular formula is C17H14ClF3N2O3. The Kier molecular flexibility index (Phi) is 6.10. The van der Waals surface area contributed by atoms with Gasteiger partial charge in [0.2, 0.25) is 5.91 Å². The zero-order valence-corrected chi connectivity index (χ0v) is 14.2. The summed E-state index contributed by atoms with van der Waals surface area (Å²) in [4.78, 5) is 23.0. The van der Waals surface area contributed by atoms with Gasteiger partial charge < -0.3 is 15.4 Å². The third-order valence-corrected chi connectivity index (χ3v) is 3.42. The number of hydrogen-bond donors (Lipinski definition) is 2. The first-order valence-electron chi connectivity index (χ1n) is 7.32. The standard InChI is InChI=1S/C17H14ClF3N2O3/c1-10(24)22-12-5-6-14(18)15(8-12)23-16(25)9-26-13-4-2-3-11(7-13)17(19,20)21/h2-8H,9H2,1H3,(H,22,24)(H,23,25). The van der Waals surface area contributed by atoms with Gasteiger partial charge in [0, 0.05) is 12.6 Å². The molecule has 0 unspecified atom stereocenters. The molecule has 2 aromatic rings. The number of alkyl halides is 3. The summed E-state index contributed by atoms with van der Waals surface area (Å²) < 4.78 is 43.0. The molecule has 0 saturated heterocycles. The lowest BCUT2D eigenvalue weighted by molar-refractivity contribution is -0.137. The van der Waals surface area contributed by atoms with Crippen LogP contribution >= 0.6 is 11.6 Å². The lowest BCUT2D eigenvalue weighted by Crippen LogP contribution is -2.20. The van der Waals surface area contributed by atoms with Crippen molar-refractivity contribution in [2.24, 2.45) is 0 Å². The fourth-order valence-electron chi connectivity index (χ4n) is 2.00. The molecule has 138 valence electrons. The van der Waals surface area contributed by atoms with E-state index in [4.69, 9.17) is 16.3 Å². The second-order valence-corrected chi connectivity index (χ2v) is 5.65. The minimum Gasteiger partial charge on any atom is -0.484 e. The molecule has 0 spiro atoms. The highest BCUT2D eigenvalue weighted by Gasteiger charge is 2.30. The van der Waals surface area contributed by atoms with Crippen LogP contribution < -0.4 is 15.4 Å². The first kappa shape index (κ1) is 19.6. The number of carbonyl (C=O) groups excluding carboxylic acids is 2. The molecule has 0 bridgehead atoms. The molecule has 5 nitrogen and oxygen atoms in total. The SMILES string of the molecule is CC(=O)Nc1ccc(Cl)c(NC(=O)COc2cccc(C(F)(F)F)c2)c1. The number of halogens is 4. The molecule has 0 atom stereocenters. The van der Waals surface area contributed by atoms with Crippen molar-refractivity contribution in [1.82, 2.24) is 0 Å². The Morgan fingerprint density at radius 3 is 2.50 bits per heavy atom. The molecule has 0 aliphatic rings. The van der Waals surface area contributed by atoms with Crippen LogP contribution in [-0.4, -0.2) is 18.4 Å². The Balaban J connectivity index is 2.00. The van der Waals surface area contributed by atoms with Gasteiger partial charge >= 0.3 is 6.18 Å². The topological polar surface area (TPSA) is 67.4 Å². The van der Waals surface area contributed by atoms with Crippen molar-refractivity contribution in [3.63, 3.8) is 0 Å². The molecule has 26 heavy (non-hydrogen) atoms. The summed E-state index contributed by atoms with van der Waals surface area (Å²) in [6.07, 6.45) is -4.50. The van der Waals surface area contributed by atoms with E-state index >= 15 is 0 Å². The molecule has 0 saturated carbocycles. The molecule has 0 radical (unpaired) electrons. The smallest absolute Gasteiger partial charge is 0.416 e. The summed E-state index contributed by atoms with van der Waals surface area (Å²) in [5.74, 6) is -1.00. The Morgan fingerprint density at radius 1 is 1.12 bits per heavy atom. The zero-order chi connectivity index (χ0) is 19.3. The molecular weight excluding hydrogens is 373 g/mol. The fraction of sp³-hybridized carbons (Fsp3) is 0.176. The van der Waals surface area contributed by atoms with Gasteiger partial charge in [-0.1, -0.05) is 17.7 Å². The summed E-state index contributed by atoms with van der Waals surface area (Å²) in [5, 5.41) is 5.23. The number of anilines is 2. The molecule has 2 N–H and O–H groups in total. The second-order valence-electron chi connectivity index (χ2n) is 5.24. The number of benzene rings is 2. The molecule has 2 aromatic carbocycles. The lowest BCUT2D eigenvalue weighted by atomic mass is 10.2. The van der Waals surface area contributed by atoms with E-state index in [1.165, 1.54) is 31.2 Å². The number of amides is 2. The molecule has 2 rings (SSSR count). The van der Waals surface area contributed by atoms with Crippen LogP contribution in [0.25, 0.3) is 0 Å². The van der Waals surface area contributed by atoms with Gasteiger partial charge in [-0.2, -0.15) is 13.2 Å². The number of nitrogens with one attached hydrogen (secondary N) is 2. The highest BCUT2D eigenvalue weighted by Crippen LogP contribution is 2.31. The summed E-state index contributed by atoms with van der Waals surface area (Å²) in [5.41, 5.74) is -0.215. The van der Waals surface area contributed by atoms with Crippen molar-refractivity contribution in [2.75, 3.05) is 17.2 Å². The molecule has 0 aromatic heterocycles. The average molecular weight is 387 g/mol. The Labute approximate surface area is 152 Å². The predicted molar refractivity (Wildman–Crippen MR) is 91.3 cm³/mol. The maximum atomic E-state index is 12.6. The van der Waals surface area contributed by atoms with Crippen LogP contribution in [0.3, 0.4) is 0 Å². The van der Waals surface area contributed by atoms with Gasteiger partial charge in [-0.25, -0.2) is 0 Å². The van der Waals surface area contributed by atoms with E-state index in [2.05, 4.69) is 10.6 Å². The summed E-state index contributed by atoms with van der Waals surface area (Å²) in [6.45, 7) is 0.817. The van der Waals surface area contributed by atoms with Crippen LogP contribution in [0.4, 0.5) is 24.5 Å². The van der Waals surface area contributed by atoms with E-state index in [1.54, 1.807) is 6.07 Å². The molecule has 0 aliphatic heterocycles. The molecule has 9 heteroatoms. The predicted octanol–water partition coefficient (Wildman–Crippen LogP) is 4.33.